The lowest BCUT2D eigenvalue weighted by molar-refractivity contribution is -0.0397. The molecule has 0 heterocycles. The van der Waals surface area contributed by atoms with E-state index in [0.29, 0.717) is 11.8 Å². The van der Waals surface area contributed by atoms with Crippen LogP contribution in [0, 0.1) is 23.7 Å². The SMILES string of the molecule is c1ccc(-c2ccc(N(c3cccc(-c4ccc5ccccc5c4)c3)c3cccc4c3C3(c5ccccc5-4)C4CC5CC(C4)CC3C5)cc2)cc1. The van der Waals surface area contributed by atoms with Crippen LogP contribution in [0.4, 0.5) is 17.1 Å². The van der Waals surface area contributed by atoms with Gasteiger partial charge in [0.05, 0.1) is 5.69 Å². The largest absolute Gasteiger partial charge is 0.310 e. The highest BCUT2D eigenvalue weighted by Crippen LogP contribution is 2.71. The smallest absolute Gasteiger partial charge is 0.0509 e. The van der Waals surface area contributed by atoms with Crippen LogP contribution in [0.25, 0.3) is 44.2 Å². The minimum Gasteiger partial charge on any atom is -0.310 e. The number of hydrogen-bond acceptors (Lipinski definition) is 1. The molecule has 0 amide bonds. The van der Waals surface area contributed by atoms with E-state index in [1.807, 2.05) is 0 Å². The second-order valence-electron chi connectivity index (χ2n) is 15.8. The van der Waals surface area contributed by atoms with E-state index in [-0.39, 0.29) is 5.41 Å². The summed E-state index contributed by atoms with van der Waals surface area (Å²) in [4.78, 5) is 2.59. The third kappa shape index (κ3) is 4.40. The van der Waals surface area contributed by atoms with E-state index in [9.17, 15) is 0 Å². The zero-order chi connectivity index (χ0) is 33.5. The molecule has 5 aliphatic rings. The summed E-state index contributed by atoms with van der Waals surface area (Å²) in [5, 5.41) is 2.55. The van der Waals surface area contributed by atoms with E-state index >= 15 is 0 Å². The van der Waals surface area contributed by atoms with Crippen LogP contribution < -0.4 is 4.90 Å². The van der Waals surface area contributed by atoms with Crippen LogP contribution in [0.15, 0.2) is 164 Å². The standard InChI is InChI=1S/C50H41N/c1-2-10-35(11-3-1)37-22-24-43(25-23-37)51(44-15-8-14-39(32-44)40-21-20-36-12-4-5-13-38(36)31-40)48-19-9-17-46-45-16-6-7-18-47(45)50(49(46)48)41-27-33-26-34(29-41)30-42(50)28-33/h1-25,31-34,41-42H,26-30H2. The third-order valence-electron chi connectivity index (χ3n) is 13.2. The van der Waals surface area contributed by atoms with Crippen molar-refractivity contribution in [1.82, 2.24) is 0 Å². The molecule has 51 heavy (non-hydrogen) atoms. The molecular weight excluding hydrogens is 615 g/mol. The van der Waals surface area contributed by atoms with Crippen molar-refractivity contribution in [2.45, 2.75) is 37.5 Å². The lowest BCUT2D eigenvalue weighted by Crippen LogP contribution is -2.55. The topological polar surface area (TPSA) is 3.24 Å². The average Bonchev–Trinajstić information content (AvgIpc) is 3.49. The van der Waals surface area contributed by atoms with Crippen molar-refractivity contribution in [1.29, 1.82) is 0 Å². The molecule has 1 heteroatoms. The molecule has 1 spiro atoms. The highest BCUT2D eigenvalue weighted by atomic mass is 15.1. The normalized spacial score (nSPS) is 23.8. The van der Waals surface area contributed by atoms with Gasteiger partial charge in [-0.15, -0.1) is 0 Å². The van der Waals surface area contributed by atoms with Gasteiger partial charge < -0.3 is 4.90 Å². The molecule has 12 rings (SSSR count). The number of anilines is 3. The Morgan fingerprint density at radius 1 is 0.412 bits per heavy atom. The second-order valence-corrected chi connectivity index (χ2v) is 15.8. The van der Waals surface area contributed by atoms with E-state index in [2.05, 4.69) is 169 Å². The van der Waals surface area contributed by atoms with Crippen molar-refractivity contribution in [3.05, 3.63) is 175 Å². The minimum atomic E-state index is 0.0636. The van der Waals surface area contributed by atoms with Crippen LogP contribution in [0.3, 0.4) is 0 Å². The van der Waals surface area contributed by atoms with E-state index in [4.69, 9.17) is 0 Å². The molecule has 5 aliphatic carbocycles. The summed E-state index contributed by atoms with van der Waals surface area (Å²) in [7, 11) is 0. The fraction of sp³-hybridized carbons (Fsp3) is 0.200. The van der Waals surface area contributed by atoms with Gasteiger partial charge in [0, 0.05) is 16.8 Å². The first-order chi connectivity index (χ1) is 25.2. The molecule has 0 aliphatic heterocycles. The van der Waals surface area contributed by atoms with E-state index in [1.165, 1.54) is 93.3 Å². The Morgan fingerprint density at radius 3 is 1.82 bits per heavy atom. The molecule has 4 saturated carbocycles. The van der Waals surface area contributed by atoms with Gasteiger partial charge in [0.1, 0.15) is 0 Å². The monoisotopic (exact) mass is 655 g/mol. The Labute approximate surface area is 301 Å². The van der Waals surface area contributed by atoms with Gasteiger partial charge in [-0.2, -0.15) is 0 Å². The van der Waals surface area contributed by atoms with Crippen molar-refractivity contribution in [2.24, 2.45) is 23.7 Å². The maximum atomic E-state index is 2.59. The van der Waals surface area contributed by atoms with Crippen molar-refractivity contribution < 1.29 is 0 Å². The van der Waals surface area contributed by atoms with Crippen molar-refractivity contribution in [3.63, 3.8) is 0 Å². The first-order valence-electron chi connectivity index (χ1n) is 19.0. The lowest BCUT2D eigenvalue weighted by Gasteiger charge is -2.61. The molecule has 0 saturated heterocycles. The van der Waals surface area contributed by atoms with Crippen molar-refractivity contribution >= 4 is 27.8 Å². The highest BCUT2D eigenvalue weighted by Gasteiger charge is 2.62. The van der Waals surface area contributed by atoms with Crippen LogP contribution in [-0.4, -0.2) is 0 Å². The van der Waals surface area contributed by atoms with Gasteiger partial charge >= 0.3 is 0 Å². The zero-order valence-corrected chi connectivity index (χ0v) is 28.9. The predicted molar refractivity (Wildman–Crippen MR) is 213 cm³/mol. The van der Waals surface area contributed by atoms with Crippen LogP contribution >= 0.6 is 0 Å². The number of rotatable bonds is 5. The summed E-state index contributed by atoms with van der Waals surface area (Å²) in [6, 6.07) is 61.5. The van der Waals surface area contributed by atoms with E-state index in [1.54, 1.807) is 11.1 Å². The molecule has 0 unspecified atom stereocenters. The van der Waals surface area contributed by atoms with Crippen LogP contribution in [-0.2, 0) is 5.41 Å². The maximum Gasteiger partial charge on any atom is 0.0509 e. The molecule has 7 aromatic carbocycles. The Balaban J connectivity index is 1.13. The molecule has 0 N–H and O–H groups in total. The third-order valence-corrected chi connectivity index (χ3v) is 13.2. The molecule has 4 bridgehead atoms. The van der Waals surface area contributed by atoms with Crippen molar-refractivity contribution in [2.75, 3.05) is 4.90 Å². The summed E-state index contributed by atoms with van der Waals surface area (Å²) < 4.78 is 0. The summed E-state index contributed by atoms with van der Waals surface area (Å²) in [6.07, 6.45) is 6.95. The number of hydrogen-bond donors (Lipinski definition) is 0. The maximum absolute atomic E-state index is 2.59. The summed E-state index contributed by atoms with van der Waals surface area (Å²) in [5.41, 5.74) is 14.9. The lowest BCUT2D eigenvalue weighted by atomic mass is 9.43. The Morgan fingerprint density at radius 2 is 1.02 bits per heavy atom. The van der Waals surface area contributed by atoms with Crippen LogP contribution in [0.1, 0.15) is 43.2 Å². The molecule has 7 aromatic rings. The quantitative estimate of drug-likeness (QED) is 0.178. The first-order valence-corrected chi connectivity index (χ1v) is 19.0. The zero-order valence-electron chi connectivity index (χ0n) is 28.9. The van der Waals surface area contributed by atoms with Crippen molar-refractivity contribution in [3.8, 4) is 33.4 Å². The molecule has 4 fully saturated rings. The Bertz CT molecular complexity index is 2410. The van der Waals surface area contributed by atoms with Gasteiger partial charge in [-0.25, -0.2) is 0 Å². The number of fused-ring (bicyclic) bond motifs is 4. The van der Waals surface area contributed by atoms with Gasteiger partial charge in [0.15, 0.2) is 0 Å². The van der Waals surface area contributed by atoms with Gasteiger partial charge in [0.25, 0.3) is 0 Å². The molecule has 0 radical (unpaired) electrons. The molecule has 0 atom stereocenters. The average molecular weight is 656 g/mol. The molecular formula is C50H41N. The summed E-state index contributed by atoms with van der Waals surface area (Å²) >= 11 is 0. The first kappa shape index (κ1) is 29.3. The van der Waals surface area contributed by atoms with E-state index in [0.717, 1.165) is 11.8 Å². The van der Waals surface area contributed by atoms with Gasteiger partial charge in [-0.3, -0.25) is 0 Å². The van der Waals surface area contributed by atoms with Gasteiger partial charge in [-0.1, -0.05) is 127 Å². The number of benzene rings is 7. The van der Waals surface area contributed by atoms with Crippen LogP contribution in [0.5, 0.6) is 0 Å². The summed E-state index contributed by atoms with van der Waals surface area (Å²) in [5.74, 6) is 3.20. The second kappa shape index (κ2) is 11.3. The van der Waals surface area contributed by atoms with E-state index < -0.39 is 0 Å². The minimum absolute atomic E-state index is 0.0636. The highest BCUT2D eigenvalue weighted by molar-refractivity contribution is 5.93. The van der Waals surface area contributed by atoms with Gasteiger partial charge in [-0.05, 0) is 147 Å². The number of nitrogens with zero attached hydrogens (tertiary/aromatic N) is 1. The fourth-order valence-electron chi connectivity index (χ4n) is 11.4. The predicted octanol–water partition coefficient (Wildman–Crippen LogP) is 13.4. The molecule has 1 nitrogen and oxygen atoms in total. The molecule has 0 aromatic heterocycles. The molecule has 246 valence electrons. The van der Waals surface area contributed by atoms with Crippen LogP contribution in [0.2, 0.25) is 0 Å². The Kier molecular flexibility index (Phi) is 6.50. The van der Waals surface area contributed by atoms with Gasteiger partial charge in [0.2, 0.25) is 0 Å². The fourth-order valence-corrected chi connectivity index (χ4v) is 11.4. The summed E-state index contributed by atoms with van der Waals surface area (Å²) in [6.45, 7) is 0. The Hall–Kier alpha value is -5.40.